The maximum absolute atomic E-state index is 10.3. The molecule has 15 heavy (non-hydrogen) atoms. The van der Waals surface area contributed by atoms with Crippen LogP contribution in [0.25, 0.3) is 0 Å². The quantitative estimate of drug-likeness (QED) is 0.261. The Morgan fingerprint density at radius 1 is 1.47 bits per heavy atom. The van der Waals surface area contributed by atoms with E-state index in [2.05, 4.69) is 9.98 Å². The molecule has 7 nitrogen and oxygen atoms in total. The Balaban J connectivity index is 3.79. The number of amidine groups is 1. The van der Waals surface area contributed by atoms with Crippen molar-refractivity contribution in [1.29, 1.82) is 0 Å². The number of rotatable bonds is 5. The van der Waals surface area contributed by atoms with Crippen molar-refractivity contribution >= 4 is 17.8 Å². The van der Waals surface area contributed by atoms with Crippen LogP contribution in [0.2, 0.25) is 0 Å². The molecule has 0 fully saturated rings. The van der Waals surface area contributed by atoms with Gasteiger partial charge in [-0.1, -0.05) is 0 Å². The summed E-state index contributed by atoms with van der Waals surface area (Å²) < 4.78 is 0. The smallest absolute Gasteiger partial charge is 0.320 e. The summed E-state index contributed by atoms with van der Waals surface area (Å²) in [7, 11) is 0. The summed E-state index contributed by atoms with van der Waals surface area (Å²) in [5.74, 6) is -0.583. The molecule has 0 spiro atoms. The van der Waals surface area contributed by atoms with Crippen molar-refractivity contribution in [2.45, 2.75) is 25.8 Å². The molecule has 0 aromatic heterocycles. The first kappa shape index (κ1) is 13.4. The summed E-state index contributed by atoms with van der Waals surface area (Å²) in [5, 5.41) is 8.49. The standard InChI is InChI=1S/C8H17N5O2/c1-5(9)13-8(11)12-4-2-3-6(10)7(14)15/h6H,2-4,10H2,1H3,(H,14,15)(H4,9,11,12,13). The third-order valence-corrected chi connectivity index (χ3v) is 1.56. The zero-order valence-electron chi connectivity index (χ0n) is 8.68. The average Bonchev–Trinajstić information content (AvgIpc) is 2.10. The van der Waals surface area contributed by atoms with Crippen molar-refractivity contribution in [1.82, 2.24) is 0 Å². The minimum absolute atomic E-state index is 0.0962. The van der Waals surface area contributed by atoms with Crippen LogP contribution < -0.4 is 17.2 Å². The number of carbonyl (C=O) groups is 1. The Hall–Kier alpha value is -1.63. The van der Waals surface area contributed by atoms with E-state index in [1.165, 1.54) is 0 Å². The molecule has 7 N–H and O–H groups in total. The van der Waals surface area contributed by atoms with Crippen molar-refractivity contribution < 1.29 is 9.90 Å². The predicted molar refractivity (Wildman–Crippen MR) is 58.6 cm³/mol. The lowest BCUT2D eigenvalue weighted by molar-refractivity contribution is -0.138. The van der Waals surface area contributed by atoms with Gasteiger partial charge in [0.1, 0.15) is 6.04 Å². The van der Waals surface area contributed by atoms with Gasteiger partial charge in [0, 0.05) is 6.54 Å². The third kappa shape index (κ3) is 7.44. The molecular weight excluding hydrogens is 198 g/mol. The minimum atomic E-state index is -1.01. The van der Waals surface area contributed by atoms with Gasteiger partial charge in [0.05, 0.1) is 5.84 Å². The summed E-state index contributed by atoms with van der Waals surface area (Å²) in [6.45, 7) is 1.99. The van der Waals surface area contributed by atoms with Crippen molar-refractivity contribution in [3.8, 4) is 0 Å². The van der Waals surface area contributed by atoms with Gasteiger partial charge in [-0.05, 0) is 19.8 Å². The largest absolute Gasteiger partial charge is 0.480 e. The van der Waals surface area contributed by atoms with Gasteiger partial charge in [0.2, 0.25) is 5.96 Å². The van der Waals surface area contributed by atoms with E-state index in [1.54, 1.807) is 6.92 Å². The Labute approximate surface area is 88.1 Å². The fourth-order valence-electron chi connectivity index (χ4n) is 0.844. The van der Waals surface area contributed by atoms with Gasteiger partial charge in [-0.15, -0.1) is 0 Å². The molecule has 0 bridgehead atoms. The monoisotopic (exact) mass is 215 g/mol. The molecule has 86 valence electrons. The molecule has 0 aromatic carbocycles. The SMILES string of the molecule is C/C(N)=N/C(N)=NCCCC(N)C(=O)O. The van der Waals surface area contributed by atoms with Crippen LogP contribution >= 0.6 is 0 Å². The number of hydrogen-bond donors (Lipinski definition) is 4. The lowest BCUT2D eigenvalue weighted by Gasteiger charge is -2.03. The Morgan fingerprint density at radius 3 is 2.53 bits per heavy atom. The number of aliphatic carboxylic acids is 1. The molecule has 0 heterocycles. The minimum Gasteiger partial charge on any atom is -0.480 e. The van der Waals surface area contributed by atoms with Crippen LogP contribution in [0.4, 0.5) is 0 Å². The number of carboxylic acids is 1. The van der Waals surface area contributed by atoms with Crippen LogP contribution in [-0.4, -0.2) is 35.5 Å². The first-order valence-electron chi connectivity index (χ1n) is 4.52. The van der Waals surface area contributed by atoms with E-state index in [1.807, 2.05) is 0 Å². The molecule has 0 aliphatic carbocycles. The van der Waals surface area contributed by atoms with Crippen molar-refractivity contribution in [3.05, 3.63) is 0 Å². The molecule has 0 aliphatic heterocycles. The molecule has 0 radical (unpaired) electrons. The second-order valence-electron chi connectivity index (χ2n) is 3.08. The van der Waals surface area contributed by atoms with Gasteiger partial charge >= 0.3 is 5.97 Å². The normalized spacial score (nSPS) is 15.1. The second-order valence-corrected chi connectivity index (χ2v) is 3.08. The van der Waals surface area contributed by atoms with Gasteiger partial charge in [-0.3, -0.25) is 9.79 Å². The topological polar surface area (TPSA) is 140 Å². The predicted octanol–water partition coefficient (Wildman–Crippen LogP) is -1.13. The number of nitrogens with zero attached hydrogens (tertiary/aromatic N) is 2. The van der Waals surface area contributed by atoms with Crippen LogP contribution in [0, 0.1) is 0 Å². The molecule has 1 atom stereocenters. The van der Waals surface area contributed by atoms with Crippen molar-refractivity contribution in [2.24, 2.45) is 27.2 Å². The molecule has 0 saturated carbocycles. The number of aliphatic imine (C=N–C) groups is 2. The first-order valence-corrected chi connectivity index (χ1v) is 4.52. The summed E-state index contributed by atoms with van der Waals surface area (Å²) in [5.41, 5.74) is 16.0. The number of nitrogens with two attached hydrogens (primary N) is 3. The molecule has 7 heteroatoms. The maximum atomic E-state index is 10.3. The lowest BCUT2D eigenvalue weighted by atomic mass is 10.2. The molecule has 0 amide bonds. The molecule has 1 unspecified atom stereocenters. The zero-order valence-corrected chi connectivity index (χ0v) is 8.68. The second kappa shape index (κ2) is 6.77. The molecular formula is C8H17N5O2. The van der Waals surface area contributed by atoms with Gasteiger partial charge in [-0.2, -0.15) is 0 Å². The fraction of sp³-hybridized carbons (Fsp3) is 0.625. The number of carboxylic acid groups (broad SMARTS) is 1. The first-order chi connectivity index (χ1) is 6.93. The van der Waals surface area contributed by atoms with Crippen LogP contribution in [0.3, 0.4) is 0 Å². The molecule has 0 saturated heterocycles. The van der Waals surface area contributed by atoms with Gasteiger partial charge in [-0.25, -0.2) is 4.99 Å². The van der Waals surface area contributed by atoms with Crippen LogP contribution in [0.5, 0.6) is 0 Å². The lowest BCUT2D eigenvalue weighted by Crippen LogP contribution is -2.30. The van der Waals surface area contributed by atoms with E-state index in [9.17, 15) is 4.79 Å². The third-order valence-electron chi connectivity index (χ3n) is 1.56. The summed E-state index contributed by atoms with van der Waals surface area (Å²) in [4.78, 5) is 17.9. The van der Waals surface area contributed by atoms with Crippen LogP contribution in [0.1, 0.15) is 19.8 Å². The summed E-state index contributed by atoms with van der Waals surface area (Å²) in [6, 6.07) is -0.846. The van der Waals surface area contributed by atoms with Crippen LogP contribution in [0.15, 0.2) is 9.98 Å². The number of hydrogen-bond acceptors (Lipinski definition) is 3. The van der Waals surface area contributed by atoms with E-state index in [0.29, 0.717) is 25.2 Å². The summed E-state index contributed by atoms with van der Waals surface area (Å²) in [6.07, 6.45) is 0.907. The van der Waals surface area contributed by atoms with E-state index in [-0.39, 0.29) is 5.96 Å². The van der Waals surface area contributed by atoms with E-state index in [4.69, 9.17) is 22.3 Å². The molecule has 0 rings (SSSR count). The highest BCUT2D eigenvalue weighted by Crippen LogP contribution is 1.95. The van der Waals surface area contributed by atoms with Gasteiger partial charge in [0.25, 0.3) is 0 Å². The molecule has 0 aliphatic rings. The Bertz CT molecular complexity index is 270. The zero-order chi connectivity index (χ0) is 11.8. The van der Waals surface area contributed by atoms with Gasteiger partial charge < -0.3 is 22.3 Å². The summed E-state index contributed by atoms with van der Waals surface area (Å²) >= 11 is 0. The van der Waals surface area contributed by atoms with E-state index >= 15 is 0 Å². The van der Waals surface area contributed by atoms with Crippen molar-refractivity contribution in [2.75, 3.05) is 6.54 Å². The van der Waals surface area contributed by atoms with Crippen molar-refractivity contribution in [3.63, 3.8) is 0 Å². The average molecular weight is 215 g/mol. The van der Waals surface area contributed by atoms with Crippen LogP contribution in [-0.2, 0) is 4.79 Å². The highest BCUT2D eigenvalue weighted by atomic mass is 16.4. The molecule has 0 aromatic rings. The fourth-order valence-corrected chi connectivity index (χ4v) is 0.844. The highest BCUT2D eigenvalue weighted by Gasteiger charge is 2.09. The van der Waals surface area contributed by atoms with E-state index in [0.717, 1.165) is 0 Å². The highest BCUT2D eigenvalue weighted by molar-refractivity contribution is 5.93. The number of guanidine groups is 1. The Kier molecular flexibility index (Phi) is 6.03. The van der Waals surface area contributed by atoms with E-state index < -0.39 is 12.0 Å². The maximum Gasteiger partial charge on any atom is 0.320 e. The van der Waals surface area contributed by atoms with Gasteiger partial charge in [0.15, 0.2) is 0 Å². The Morgan fingerprint density at radius 2 is 2.07 bits per heavy atom.